The van der Waals surface area contributed by atoms with Crippen molar-refractivity contribution in [3.63, 3.8) is 0 Å². The molecule has 0 aliphatic rings. The molecule has 21 heavy (non-hydrogen) atoms. The van der Waals surface area contributed by atoms with Crippen molar-refractivity contribution in [1.29, 1.82) is 0 Å². The van der Waals surface area contributed by atoms with Gasteiger partial charge in [-0.3, -0.25) is 4.79 Å². The molecule has 0 saturated heterocycles. The lowest BCUT2D eigenvalue weighted by Crippen LogP contribution is -2.46. The van der Waals surface area contributed by atoms with Gasteiger partial charge in [0.05, 0.1) is 6.10 Å². The number of rotatable bonds is 11. The van der Waals surface area contributed by atoms with Crippen molar-refractivity contribution in [2.24, 2.45) is 5.73 Å². The fourth-order valence-electron chi connectivity index (χ4n) is 1.50. The van der Waals surface area contributed by atoms with Gasteiger partial charge in [0.15, 0.2) is 0 Å². The molecule has 8 heteroatoms. The number of carboxylic acid groups (broad SMARTS) is 1. The Balaban J connectivity index is 3.83. The smallest absolute Gasteiger partial charge is 0.326 e. The summed E-state index contributed by atoms with van der Waals surface area (Å²) >= 11 is 0. The van der Waals surface area contributed by atoms with E-state index in [0.29, 0.717) is 13.2 Å². The van der Waals surface area contributed by atoms with Gasteiger partial charge in [-0.25, -0.2) is 9.59 Å². The highest BCUT2D eigenvalue weighted by atomic mass is 16.5. The van der Waals surface area contributed by atoms with Crippen LogP contribution in [0.15, 0.2) is 0 Å². The van der Waals surface area contributed by atoms with E-state index >= 15 is 0 Å². The zero-order chi connectivity index (χ0) is 16.3. The number of nitrogens with one attached hydrogen (secondary N) is 2. The Labute approximate surface area is 124 Å². The summed E-state index contributed by atoms with van der Waals surface area (Å²) in [5.41, 5.74) is 4.95. The number of unbranched alkanes of at least 4 members (excludes halogenated alkanes) is 1. The summed E-state index contributed by atoms with van der Waals surface area (Å²) in [6.07, 6.45) is 1.61. The molecule has 0 aromatic carbocycles. The number of amides is 3. The number of primary amides is 1. The van der Waals surface area contributed by atoms with Crippen molar-refractivity contribution in [3.05, 3.63) is 0 Å². The molecular weight excluding hydrogens is 278 g/mol. The van der Waals surface area contributed by atoms with Gasteiger partial charge < -0.3 is 26.2 Å². The van der Waals surface area contributed by atoms with Crippen molar-refractivity contribution >= 4 is 17.9 Å². The van der Waals surface area contributed by atoms with Crippen LogP contribution in [0.3, 0.4) is 0 Å². The molecule has 5 N–H and O–H groups in total. The number of aliphatic carboxylic acids is 1. The second-order valence-corrected chi connectivity index (χ2v) is 4.92. The summed E-state index contributed by atoms with van der Waals surface area (Å²) in [5, 5.41) is 13.8. The van der Waals surface area contributed by atoms with Crippen LogP contribution in [-0.4, -0.2) is 48.3 Å². The van der Waals surface area contributed by atoms with Crippen LogP contribution in [0.2, 0.25) is 0 Å². The molecule has 3 amide bonds. The van der Waals surface area contributed by atoms with Crippen LogP contribution in [0, 0.1) is 0 Å². The molecule has 0 aliphatic heterocycles. The molecule has 0 unspecified atom stereocenters. The highest BCUT2D eigenvalue weighted by molar-refractivity contribution is 5.83. The Bertz CT molecular complexity index is 347. The Kier molecular flexibility index (Phi) is 9.95. The van der Waals surface area contributed by atoms with Gasteiger partial charge in [0, 0.05) is 19.6 Å². The molecule has 0 bridgehead atoms. The largest absolute Gasteiger partial charge is 0.480 e. The Hall–Kier alpha value is -1.83. The highest BCUT2D eigenvalue weighted by Gasteiger charge is 2.20. The van der Waals surface area contributed by atoms with E-state index in [0.717, 1.165) is 12.8 Å². The van der Waals surface area contributed by atoms with Gasteiger partial charge in [-0.2, -0.15) is 0 Å². The fourth-order valence-corrected chi connectivity index (χ4v) is 1.50. The minimum Gasteiger partial charge on any atom is -0.480 e. The molecule has 0 rings (SSSR count). The molecule has 0 spiro atoms. The summed E-state index contributed by atoms with van der Waals surface area (Å²) < 4.78 is 5.35. The lowest BCUT2D eigenvalue weighted by atomic mass is 10.1. The SMILES string of the molecule is CC(C)OCCCCNC(=O)N[C@@H](CCC(N)=O)C(=O)O. The highest BCUT2D eigenvalue weighted by Crippen LogP contribution is 1.97. The van der Waals surface area contributed by atoms with E-state index in [1.54, 1.807) is 0 Å². The zero-order valence-electron chi connectivity index (χ0n) is 12.6. The topological polar surface area (TPSA) is 131 Å². The van der Waals surface area contributed by atoms with E-state index in [-0.39, 0.29) is 18.9 Å². The number of ether oxygens (including phenoxy) is 1. The van der Waals surface area contributed by atoms with Gasteiger partial charge in [-0.1, -0.05) is 0 Å². The third kappa shape index (κ3) is 11.7. The average Bonchev–Trinajstić information content (AvgIpc) is 2.37. The minimum absolute atomic E-state index is 0.0275. The Morgan fingerprint density at radius 2 is 1.90 bits per heavy atom. The van der Waals surface area contributed by atoms with Crippen LogP contribution in [0.25, 0.3) is 0 Å². The summed E-state index contributed by atoms with van der Waals surface area (Å²) in [5.74, 6) is -1.80. The van der Waals surface area contributed by atoms with Gasteiger partial charge in [0.2, 0.25) is 5.91 Å². The van der Waals surface area contributed by atoms with Crippen LogP contribution in [0.1, 0.15) is 39.5 Å². The Morgan fingerprint density at radius 1 is 1.24 bits per heavy atom. The Morgan fingerprint density at radius 3 is 2.43 bits per heavy atom. The van der Waals surface area contributed by atoms with E-state index in [9.17, 15) is 14.4 Å². The normalized spacial score (nSPS) is 12.0. The van der Waals surface area contributed by atoms with Crippen molar-refractivity contribution in [2.45, 2.75) is 51.7 Å². The van der Waals surface area contributed by atoms with E-state index in [2.05, 4.69) is 10.6 Å². The molecule has 0 heterocycles. The second-order valence-electron chi connectivity index (χ2n) is 4.92. The van der Waals surface area contributed by atoms with Crippen molar-refractivity contribution < 1.29 is 24.2 Å². The zero-order valence-corrected chi connectivity index (χ0v) is 12.6. The van der Waals surface area contributed by atoms with Crippen molar-refractivity contribution in [2.75, 3.05) is 13.2 Å². The number of carbonyl (C=O) groups is 3. The molecular formula is C13H25N3O5. The molecule has 0 saturated carbocycles. The van der Waals surface area contributed by atoms with E-state index in [1.807, 2.05) is 13.8 Å². The lowest BCUT2D eigenvalue weighted by molar-refractivity contribution is -0.139. The maximum atomic E-state index is 11.5. The number of carbonyl (C=O) groups excluding carboxylic acids is 2. The molecule has 0 aromatic heterocycles. The third-order valence-corrected chi connectivity index (χ3v) is 2.59. The van der Waals surface area contributed by atoms with Crippen LogP contribution >= 0.6 is 0 Å². The first kappa shape index (κ1) is 19.2. The summed E-state index contributed by atoms with van der Waals surface area (Å²) in [7, 11) is 0. The van der Waals surface area contributed by atoms with Crippen LogP contribution < -0.4 is 16.4 Å². The molecule has 0 fully saturated rings. The summed E-state index contributed by atoms with van der Waals surface area (Å²) in [4.78, 5) is 33.0. The number of carboxylic acids is 1. The first-order valence-corrected chi connectivity index (χ1v) is 7.00. The first-order chi connectivity index (χ1) is 9.82. The number of hydrogen-bond donors (Lipinski definition) is 4. The van der Waals surface area contributed by atoms with E-state index in [4.69, 9.17) is 15.6 Å². The average molecular weight is 303 g/mol. The fraction of sp³-hybridized carbons (Fsp3) is 0.769. The molecule has 8 nitrogen and oxygen atoms in total. The van der Waals surface area contributed by atoms with Gasteiger partial charge in [0.25, 0.3) is 0 Å². The maximum absolute atomic E-state index is 11.5. The third-order valence-electron chi connectivity index (χ3n) is 2.59. The quantitative estimate of drug-likeness (QED) is 0.405. The van der Waals surface area contributed by atoms with Crippen LogP contribution in [0.4, 0.5) is 4.79 Å². The lowest BCUT2D eigenvalue weighted by Gasteiger charge is -2.14. The first-order valence-electron chi connectivity index (χ1n) is 7.00. The van der Waals surface area contributed by atoms with Crippen molar-refractivity contribution in [3.8, 4) is 0 Å². The van der Waals surface area contributed by atoms with E-state index in [1.165, 1.54) is 0 Å². The summed E-state index contributed by atoms with van der Waals surface area (Å²) in [6.45, 7) is 4.94. The van der Waals surface area contributed by atoms with Gasteiger partial charge in [-0.15, -0.1) is 0 Å². The predicted molar refractivity (Wildman–Crippen MR) is 76.7 cm³/mol. The van der Waals surface area contributed by atoms with Crippen LogP contribution in [-0.2, 0) is 14.3 Å². The minimum atomic E-state index is -1.20. The predicted octanol–water partition coefficient (Wildman–Crippen LogP) is 0.210. The number of hydrogen-bond acceptors (Lipinski definition) is 4. The number of nitrogens with two attached hydrogens (primary N) is 1. The molecule has 0 aliphatic carbocycles. The molecule has 1 atom stereocenters. The maximum Gasteiger partial charge on any atom is 0.326 e. The molecule has 0 aromatic rings. The standard InChI is InChI=1S/C13H25N3O5/c1-9(2)21-8-4-3-7-15-13(20)16-10(12(18)19)5-6-11(14)17/h9-10H,3-8H2,1-2H3,(H2,14,17)(H,18,19)(H2,15,16,20)/t10-/m0/s1. The van der Waals surface area contributed by atoms with Crippen molar-refractivity contribution in [1.82, 2.24) is 10.6 Å². The molecule has 122 valence electrons. The molecule has 0 radical (unpaired) electrons. The number of urea groups is 1. The monoisotopic (exact) mass is 303 g/mol. The summed E-state index contributed by atoms with van der Waals surface area (Å²) in [6, 6.07) is -1.70. The second kappa shape index (κ2) is 10.9. The van der Waals surface area contributed by atoms with Gasteiger partial charge in [0.1, 0.15) is 6.04 Å². The van der Waals surface area contributed by atoms with Crippen LogP contribution in [0.5, 0.6) is 0 Å². The van der Waals surface area contributed by atoms with Gasteiger partial charge in [-0.05, 0) is 33.1 Å². The van der Waals surface area contributed by atoms with E-state index < -0.39 is 23.9 Å². The van der Waals surface area contributed by atoms with Gasteiger partial charge >= 0.3 is 12.0 Å².